The number of anilines is 1. The molecule has 6 nitrogen and oxygen atoms in total. The number of rotatable bonds is 5. The van der Waals surface area contributed by atoms with Crippen LogP contribution < -0.4 is 5.32 Å². The number of hydrogen-bond donors (Lipinski definition) is 1. The molecule has 1 aliphatic rings. The van der Waals surface area contributed by atoms with Gasteiger partial charge in [0, 0.05) is 25.2 Å². The lowest BCUT2D eigenvalue weighted by Gasteiger charge is -2.31. The second-order valence-electron chi connectivity index (χ2n) is 5.61. The van der Waals surface area contributed by atoms with E-state index in [4.69, 9.17) is 5.26 Å². The second-order valence-corrected chi connectivity index (χ2v) is 5.61. The molecule has 1 N–H and O–H groups in total. The molecule has 0 spiro atoms. The summed E-state index contributed by atoms with van der Waals surface area (Å²) in [6, 6.07) is 8.85. The van der Waals surface area contributed by atoms with Gasteiger partial charge in [-0.25, -0.2) is 4.79 Å². The highest BCUT2D eigenvalue weighted by Gasteiger charge is 2.25. The third-order valence-electron chi connectivity index (χ3n) is 3.97. The highest BCUT2D eigenvalue weighted by Crippen LogP contribution is 2.19. The number of piperidine rings is 1. The Hall–Kier alpha value is -2.39. The van der Waals surface area contributed by atoms with E-state index in [1.54, 1.807) is 24.3 Å². The summed E-state index contributed by atoms with van der Waals surface area (Å²) in [7, 11) is 1.32. The van der Waals surface area contributed by atoms with E-state index in [1.165, 1.54) is 7.11 Å². The van der Waals surface area contributed by atoms with E-state index < -0.39 is 5.97 Å². The van der Waals surface area contributed by atoms with Gasteiger partial charge in [0.15, 0.2) is 0 Å². The van der Waals surface area contributed by atoms with Crippen molar-refractivity contribution in [3.63, 3.8) is 0 Å². The zero-order valence-corrected chi connectivity index (χ0v) is 13.2. The molecule has 0 saturated carbocycles. The maximum Gasteiger partial charge on any atom is 0.337 e. The molecule has 1 saturated heterocycles. The molecule has 0 aromatic heterocycles. The lowest BCUT2D eigenvalue weighted by atomic mass is 9.97. The van der Waals surface area contributed by atoms with E-state index in [2.05, 4.69) is 21.0 Å². The average Bonchev–Trinajstić information content (AvgIpc) is 2.59. The number of nitrogens with one attached hydrogen (secondary N) is 1. The maximum atomic E-state index is 12.4. The average molecular weight is 315 g/mol. The van der Waals surface area contributed by atoms with Crippen LogP contribution in [0, 0.1) is 17.2 Å². The van der Waals surface area contributed by atoms with Crippen LogP contribution in [0.5, 0.6) is 0 Å². The van der Waals surface area contributed by atoms with Crippen molar-refractivity contribution in [1.82, 2.24) is 4.90 Å². The van der Waals surface area contributed by atoms with Crippen LogP contribution in [0.1, 0.15) is 29.6 Å². The maximum absolute atomic E-state index is 12.4. The first-order valence-corrected chi connectivity index (χ1v) is 7.72. The van der Waals surface area contributed by atoms with Crippen LogP contribution in [0.3, 0.4) is 0 Å². The first-order chi connectivity index (χ1) is 11.1. The van der Waals surface area contributed by atoms with E-state index >= 15 is 0 Å². The van der Waals surface area contributed by atoms with Gasteiger partial charge in [-0.05, 0) is 37.6 Å². The lowest BCUT2D eigenvalue weighted by molar-refractivity contribution is -0.121. The van der Waals surface area contributed by atoms with E-state index in [0.29, 0.717) is 30.8 Å². The minimum absolute atomic E-state index is 0.0475. The molecule has 1 aromatic rings. The fourth-order valence-corrected chi connectivity index (χ4v) is 2.77. The summed E-state index contributed by atoms with van der Waals surface area (Å²) in [5.41, 5.74) is 0.997. The summed E-state index contributed by atoms with van der Waals surface area (Å²) in [5.74, 6) is -0.570. The summed E-state index contributed by atoms with van der Waals surface area (Å²) in [6.07, 6.45) is 2.27. The van der Waals surface area contributed by atoms with Crippen LogP contribution in [-0.4, -0.2) is 43.5 Å². The first-order valence-electron chi connectivity index (χ1n) is 7.72. The molecule has 1 unspecified atom stereocenters. The Morgan fingerprint density at radius 1 is 1.48 bits per heavy atom. The monoisotopic (exact) mass is 315 g/mol. The minimum atomic E-state index is -0.429. The smallest absolute Gasteiger partial charge is 0.337 e. The van der Waals surface area contributed by atoms with Gasteiger partial charge in [-0.15, -0.1) is 0 Å². The SMILES string of the molecule is COC(=O)c1cccc(NC(=O)C2CCCN(CCC#N)C2)c1. The normalized spacial score (nSPS) is 18.0. The molecule has 1 fully saturated rings. The van der Waals surface area contributed by atoms with E-state index in [-0.39, 0.29) is 11.8 Å². The molecular formula is C17H21N3O3. The predicted molar refractivity (Wildman–Crippen MR) is 85.8 cm³/mol. The topological polar surface area (TPSA) is 82.4 Å². The summed E-state index contributed by atoms with van der Waals surface area (Å²) < 4.78 is 4.68. The van der Waals surface area contributed by atoms with Crippen molar-refractivity contribution in [3.05, 3.63) is 29.8 Å². The second kappa shape index (κ2) is 8.30. The molecule has 2 rings (SSSR count). The fraction of sp³-hybridized carbons (Fsp3) is 0.471. The van der Waals surface area contributed by atoms with Gasteiger partial charge in [0.25, 0.3) is 0 Å². The molecule has 0 bridgehead atoms. The van der Waals surface area contributed by atoms with Crippen molar-refractivity contribution in [2.45, 2.75) is 19.3 Å². The van der Waals surface area contributed by atoms with Gasteiger partial charge in [-0.1, -0.05) is 6.07 Å². The van der Waals surface area contributed by atoms with Crippen LogP contribution in [0.4, 0.5) is 5.69 Å². The summed E-state index contributed by atoms with van der Waals surface area (Å²) >= 11 is 0. The zero-order valence-electron chi connectivity index (χ0n) is 13.2. The molecule has 6 heteroatoms. The summed E-state index contributed by atoms with van der Waals surface area (Å²) in [4.78, 5) is 26.1. The largest absolute Gasteiger partial charge is 0.465 e. The van der Waals surface area contributed by atoms with Gasteiger partial charge in [0.1, 0.15) is 0 Å². The van der Waals surface area contributed by atoms with Crippen molar-refractivity contribution in [3.8, 4) is 6.07 Å². The van der Waals surface area contributed by atoms with Crippen LogP contribution in [0.25, 0.3) is 0 Å². The van der Waals surface area contributed by atoms with Crippen LogP contribution in [-0.2, 0) is 9.53 Å². The van der Waals surface area contributed by atoms with Crippen LogP contribution in [0.2, 0.25) is 0 Å². The minimum Gasteiger partial charge on any atom is -0.465 e. The Labute approximate surface area is 136 Å². The van der Waals surface area contributed by atoms with E-state index in [9.17, 15) is 9.59 Å². The molecule has 1 amide bonds. The highest BCUT2D eigenvalue weighted by atomic mass is 16.5. The Kier molecular flexibility index (Phi) is 6.12. The number of amides is 1. The van der Waals surface area contributed by atoms with Crippen LogP contribution >= 0.6 is 0 Å². The number of likely N-dealkylation sites (tertiary alicyclic amines) is 1. The Bertz CT molecular complexity index is 609. The standard InChI is InChI=1S/C17H21N3O3/c1-23-17(22)13-5-2-7-15(11-13)19-16(21)14-6-3-9-20(12-14)10-4-8-18/h2,5,7,11,14H,3-4,6,9-10,12H2,1H3,(H,19,21). The number of esters is 1. The third-order valence-corrected chi connectivity index (χ3v) is 3.97. The molecule has 1 aromatic carbocycles. The Morgan fingerprint density at radius 2 is 2.30 bits per heavy atom. The lowest BCUT2D eigenvalue weighted by Crippen LogP contribution is -2.41. The van der Waals surface area contributed by atoms with Gasteiger partial charge in [0.2, 0.25) is 5.91 Å². The van der Waals surface area contributed by atoms with Gasteiger partial charge in [-0.2, -0.15) is 5.26 Å². The molecule has 1 aliphatic heterocycles. The number of methoxy groups -OCH3 is 1. The molecular weight excluding hydrogens is 294 g/mol. The van der Waals surface area contributed by atoms with E-state index in [0.717, 1.165) is 19.4 Å². The van der Waals surface area contributed by atoms with Gasteiger partial charge in [0.05, 0.1) is 24.7 Å². The van der Waals surface area contributed by atoms with Crippen molar-refractivity contribution in [2.75, 3.05) is 32.1 Å². The van der Waals surface area contributed by atoms with Crippen molar-refractivity contribution in [2.24, 2.45) is 5.92 Å². The molecule has 1 heterocycles. The van der Waals surface area contributed by atoms with Crippen molar-refractivity contribution < 1.29 is 14.3 Å². The Morgan fingerprint density at radius 3 is 3.04 bits per heavy atom. The number of carbonyl (C=O) groups is 2. The van der Waals surface area contributed by atoms with Crippen molar-refractivity contribution in [1.29, 1.82) is 5.26 Å². The number of nitriles is 1. The van der Waals surface area contributed by atoms with Gasteiger partial charge < -0.3 is 15.0 Å². The van der Waals surface area contributed by atoms with Gasteiger partial charge >= 0.3 is 5.97 Å². The highest BCUT2D eigenvalue weighted by molar-refractivity contribution is 5.95. The summed E-state index contributed by atoms with van der Waals surface area (Å²) in [5, 5.41) is 11.5. The molecule has 1 atom stereocenters. The number of hydrogen-bond acceptors (Lipinski definition) is 5. The summed E-state index contributed by atoms with van der Waals surface area (Å²) in [6.45, 7) is 2.31. The Balaban J connectivity index is 1.96. The predicted octanol–water partition coefficient (Wildman–Crippen LogP) is 2.04. The van der Waals surface area contributed by atoms with Gasteiger partial charge in [-0.3, -0.25) is 4.79 Å². The first kappa shape index (κ1) is 17.0. The molecule has 0 radical (unpaired) electrons. The number of nitrogens with zero attached hydrogens (tertiary/aromatic N) is 2. The molecule has 122 valence electrons. The number of carbonyl (C=O) groups excluding carboxylic acids is 2. The fourth-order valence-electron chi connectivity index (χ4n) is 2.77. The quantitative estimate of drug-likeness (QED) is 0.841. The zero-order chi connectivity index (χ0) is 16.7. The molecule has 0 aliphatic carbocycles. The third kappa shape index (κ3) is 4.80. The van der Waals surface area contributed by atoms with Crippen LogP contribution in [0.15, 0.2) is 24.3 Å². The van der Waals surface area contributed by atoms with E-state index in [1.807, 2.05) is 0 Å². The molecule has 23 heavy (non-hydrogen) atoms. The number of benzene rings is 1. The van der Waals surface area contributed by atoms with Crippen molar-refractivity contribution >= 4 is 17.6 Å². The number of ether oxygens (including phenoxy) is 1.